The van der Waals surface area contributed by atoms with E-state index in [9.17, 15) is 14.9 Å². The Morgan fingerprint density at radius 3 is 2.72 bits per heavy atom. The van der Waals surface area contributed by atoms with Gasteiger partial charge in [0.15, 0.2) is 5.82 Å². The predicted molar refractivity (Wildman–Crippen MR) is 105 cm³/mol. The van der Waals surface area contributed by atoms with E-state index in [1.165, 1.54) is 24.1 Å². The summed E-state index contributed by atoms with van der Waals surface area (Å²) in [7, 11) is 0. The molecule has 1 aliphatic rings. The van der Waals surface area contributed by atoms with Crippen LogP contribution < -0.4 is 10.6 Å². The third kappa shape index (κ3) is 3.64. The van der Waals surface area contributed by atoms with Crippen molar-refractivity contribution in [1.29, 1.82) is 0 Å². The molecule has 3 aromatic rings. The van der Waals surface area contributed by atoms with Gasteiger partial charge in [-0.25, -0.2) is 4.98 Å². The molecule has 1 aliphatic carbocycles. The SMILES string of the molecule is CC(=O)N[C@H]1CCc2cc(Nc3nc(-n4nccn4)cc(C)c3[N+](=O)[O-])ccc21. The van der Waals surface area contributed by atoms with Gasteiger partial charge in [-0.3, -0.25) is 14.9 Å². The lowest BCUT2D eigenvalue weighted by atomic mass is 10.1. The van der Waals surface area contributed by atoms with Gasteiger partial charge in [-0.1, -0.05) is 6.07 Å². The fourth-order valence-electron chi connectivity index (χ4n) is 3.63. The molecule has 148 valence electrons. The molecular weight excluding hydrogens is 374 g/mol. The molecule has 0 bridgehead atoms. The Morgan fingerprint density at radius 1 is 1.28 bits per heavy atom. The molecule has 0 saturated carbocycles. The zero-order valence-electron chi connectivity index (χ0n) is 15.9. The zero-order valence-corrected chi connectivity index (χ0v) is 15.9. The summed E-state index contributed by atoms with van der Waals surface area (Å²) in [6.07, 6.45) is 4.67. The molecule has 4 rings (SSSR count). The minimum Gasteiger partial charge on any atom is -0.350 e. The van der Waals surface area contributed by atoms with Crippen LogP contribution in [-0.2, 0) is 11.2 Å². The van der Waals surface area contributed by atoms with Crippen molar-refractivity contribution >= 4 is 23.1 Å². The number of aryl methyl sites for hydroxylation is 2. The summed E-state index contributed by atoms with van der Waals surface area (Å²) in [6, 6.07) is 7.28. The maximum absolute atomic E-state index is 11.6. The van der Waals surface area contributed by atoms with Gasteiger partial charge in [0.05, 0.1) is 23.4 Å². The van der Waals surface area contributed by atoms with Crippen molar-refractivity contribution in [2.75, 3.05) is 5.32 Å². The molecule has 0 saturated heterocycles. The van der Waals surface area contributed by atoms with E-state index >= 15 is 0 Å². The minimum absolute atomic E-state index is 0.000438. The number of amides is 1. The lowest BCUT2D eigenvalue weighted by molar-refractivity contribution is -0.384. The molecule has 0 aliphatic heterocycles. The largest absolute Gasteiger partial charge is 0.350 e. The summed E-state index contributed by atoms with van der Waals surface area (Å²) in [5.41, 5.74) is 3.20. The first kappa shape index (κ1) is 18.5. The van der Waals surface area contributed by atoms with Gasteiger partial charge in [0.25, 0.3) is 0 Å². The lowest BCUT2D eigenvalue weighted by Crippen LogP contribution is -2.24. The summed E-state index contributed by atoms with van der Waals surface area (Å²) in [5.74, 6) is 0.440. The van der Waals surface area contributed by atoms with Crippen molar-refractivity contribution in [3.05, 3.63) is 63.5 Å². The van der Waals surface area contributed by atoms with Crippen LogP contribution in [-0.4, -0.2) is 30.8 Å². The topological polar surface area (TPSA) is 128 Å². The quantitative estimate of drug-likeness (QED) is 0.504. The van der Waals surface area contributed by atoms with Gasteiger partial charge >= 0.3 is 5.69 Å². The highest BCUT2D eigenvalue weighted by Crippen LogP contribution is 2.35. The van der Waals surface area contributed by atoms with E-state index in [-0.39, 0.29) is 23.5 Å². The molecule has 29 heavy (non-hydrogen) atoms. The van der Waals surface area contributed by atoms with Crippen LogP contribution in [0.15, 0.2) is 36.7 Å². The second kappa shape index (κ2) is 7.30. The fraction of sp³-hybridized carbons (Fsp3) is 0.263. The number of anilines is 2. The Morgan fingerprint density at radius 2 is 2.03 bits per heavy atom. The van der Waals surface area contributed by atoms with Gasteiger partial charge in [0, 0.05) is 18.2 Å². The molecule has 2 heterocycles. The summed E-state index contributed by atoms with van der Waals surface area (Å²) in [4.78, 5) is 28.2. The highest BCUT2D eigenvalue weighted by molar-refractivity contribution is 5.74. The molecular formula is C19H19N7O3. The molecule has 1 aromatic carbocycles. The van der Waals surface area contributed by atoms with Gasteiger partial charge in [0.2, 0.25) is 11.7 Å². The van der Waals surface area contributed by atoms with E-state index in [0.717, 1.165) is 24.0 Å². The average molecular weight is 393 g/mol. The van der Waals surface area contributed by atoms with Gasteiger partial charge in [-0.05, 0) is 49.1 Å². The van der Waals surface area contributed by atoms with Crippen LogP contribution in [0.25, 0.3) is 5.82 Å². The Balaban J connectivity index is 1.69. The number of pyridine rings is 1. The number of nitrogens with zero attached hydrogens (tertiary/aromatic N) is 5. The number of nitrogens with one attached hydrogen (secondary N) is 2. The molecule has 1 amide bonds. The van der Waals surface area contributed by atoms with Crippen molar-refractivity contribution in [1.82, 2.24) is 25.3 Å². The molecule has 10 heteroatoms. The second-order valence-corrected chi connectivity index (χ2v) is 6.90. The zero-order chi connectivity index (χ0) is 20.5. The summed E-state index contributed by atoms with van der Waals surface area (Å²) in [5, 5.41) is 25.7. The average Bonchev–Trinajstić information content (AvgIpc) is 3.31. The molecule has 2 aromatic heterocycles. The van der Waals surface area contributed by atoms with Crippen molar-refractivity contribution in [2.24, 2.45) is 0 Å². The highest BCUT2D eigenvalue weighted by atomic mass is 16.6. The van der Waals surface area contributed by atoms with Gasteiger partial charge in [-0.15, -0.1) is 4.80 Å². The Labute approximate surface area is 166 Å². The number of carbonyl (C=O) groups is 1. The van der Waals surface area contributed by atoms with Crippen LogP contribution in [0.4, 0.5) is 17.2 Å². The van der Waals surface area contributed by atoms with Gasteiger partial charge in [0.1, 0.15) is 0 Å². The first-order chi connectivity index (χ1) is 13.9. The van der Waals surface area contributed by atoms with E-state index in [0.29, 0.717) is 17.1 Å². The molecule has 1 atom stereocenters. The van der Waals surface area contributed by atoms with E-state index in [1.807, 2.05) is 18.2 Å². The standard InChI is InChI=1S/C19H19N7O3/c1-11-9-17(25-20-7-8-21-25)24-19(18(11)26(28)29)23-14-4-5-15-13(10-14)3-6-16(15)22-12(2)27/h4-5,7-10,16H,3,6H2,1-2H3,(H,22,27)(H,23,24)/t16-/m0/s1. The Kier molecular flexibility index (Phi) is 4.67. The summed E-state index contributed by atoms with van der Waals surface area (Å²) >= 11 is 0. The smallest absolute Gasteiger partial charge is 0.314 e. The first-order valence-corrected chi connectivity index (χ1v) is 9.12. The van der Waals surface area contributed by atoms with E-state index in [2.05, 4.69) is 25.8 Å². The maximum Gasteiger partial charge on any atom is 0.314 e. The number of carbonyl (C=O) groups excluding carboxylic acids is 1. The number of fused-ring (bicyclic) bond motifs is 1. The number of nitro groups is 1. The monoisotopic (exact) mass is 393 g/mol. The lowest BCUT2D eigenvalue weighted by Gasteiger charge is -2.14. The van der Waals surface area contributed by atoms with Crippen LogP contribution in [0.5, 0.6) is 0 Å². The number of hydrogen-bond acceptors (Lipinski definition) is 7. The predicted octanol–water partition coefficient (Wildman–Crippen LogP) is 2.75. The third-order valence-electron chi connectivity index (χ3n) is 4.84. The summed E-state index contributed by atoms with van der Waals surface area (Å²) in [6.45, 7) is 3.15. The summed E-state index contributed by atoms with van der Waals surface area (Å²) < 4.78 is 0. The van der Waals surface area contributed by atoms with Crippen LogP contribution in [0, 0.1) is 17.0 Å². The van der Waals surface area contributed by atoms with Gasteiger partial charge in [-0.2, -0.15) is 10.2 Å². The minimum atomic E-state index is -0.453. The van der Waals surface area contributed by atoms with Crippen LogP contribution in [0.3, 0.4) is 0 Å². The van der Waals surface area contributed by atoms with E-state index in [1.54, 1.807) is 13.0 Å². The first-order valence-electron chi connectivity index (χ1n) is 9.12. The van der Waals surface area contributed by atoms with E-state index < -0.39 is 4.92 Å². The number of rotatable bonds is 5. The van der Waals surface area contributed by atoms with Crippen LogP contribution in [0.2, 0.25) is 0 Å². The van der Waals surface area contributed by atoms with Crippen LogP contribution >= 0.6 is 0 Å². The molecule has 0 unspecified atom stereocenters. The maximum atomic E-state index is 11.6. The normalized spacial score (nSPS) is 15.0. The van der Waals surface area contributed by atoms with Crippen molar-refractivity contribution in [3.8, 4) is 5.82 Å². The number of hydrogen-bond donors (Lipinski definition) is 2. The molecule has 2 N–H and O–H groups in total. The fourth-order valence-corrected chi connectivity index (χ4v) is 3.63. The molecule has 0 spiro atoms. The highest BCUT2D eigenvalue weighted by Gasteiger charge is 2.25. The van der Waals surface area contributed by atoms with E-state index in [4.69, 9.17) is 0 Å². The number of benzene rings is 1. The second-order valence-electron chi connectivity index (χ2n) is 6.90. The van der Waals surface area contributed by atoms with Crippen LogP contribution in [0.1, 0.15) is 36.1 Å². The van der Waals surface area contributed by atoms with Crippen molar-refractivity contribution in [3.63, 3.8) is 0 Å². The number of aromatic nitrogens is 4. The third-order valence-corrected chi connectivity index (χ3v) is 4.84. The van der Waals surface area contributed by atoms with Gasteiger partial charge < -0.3 is 10.6 Å². The van der Waals surface area contributed by atoms with Crippen molar-refractivity contribution in [2.45, 2.75) is 32.7 Å². The Hall–Kier alpha value is -3.82. The molecule has 0 fully saturated rings. The van der Waals surface area contributed by atoms with Crippen molar-refractivity contribution < 1.29 is 9.72 Å². The molecule has 0 radical (unpaired) electrons. The molecule has 10 nitrogen and oxygen atoms in total. The Bertz CT molecular complexity index is 1100.